The molecule has 0 spiro atoms. The fourth-order valence-corrected chi connectivity index (χ4v) is 3.49. The van der Waals surface area contributed by atoms with Crippen LogP contribution in [0.2, 0.25) is 0 Å². The van der Waals surface area contributed by atoms with Crippen molar-refractivity contribution in [1.29, 1.82) is 0 Å². The van der Waals surface area contributed by atoms with Crippen LogP contribution >= 0.6 is 0 Å². The number of hydrazine groups is 2. The molecule has 0 radical (unpaired) electrons. The summed E-state index contributed by atoms with van der Waals surface area (Å²) in [4.78, 5) is 25.1. The Morgan fingerprint density at radius 1 is 0.885 bits per heavy atom. The average molecular weight is 492 g/mol. The molecule has 0 bridgehead atoms. The van der Waals surface area contributed by atoms with Crippen LogP contribution in [-0.4, -0.2) is 88.9 Å². The molecule has 0 aromatic rings. The summed E-state index contributed by atoms with van der Waals surface area (Å²) in [5.74, 6) is -1.16. The first kappa shape index (κ1) is 21.1. The van der Waals surface area contributed by atoms with Crippen LogP contribution in [0.5, 0.6) is 0 Å². The summed E-state index contributed by atoms with van der Waals surface area (Å²) < 4.78 is 1.88. The van der Waals surface area contributed by atoms with Gasteiger partial charge in [0, 0.05) is 0 Å². The molecule has 2 fully saturated rings. The molecule has 0 aromatic heterocycles. The van der Waals surface area contributed by atoms with Gasteiger partial charge in [0.25, 0.3) is 0 Å². The van der Waals surface area contributed by atoms with Gasteiger partial charge in [-0.05, 0) is 0 Å². The van der Waals surface area contributed by atoms with Crippen LogP contribution in [0.15, 0.2) is 5.10 Å². The van der Waals surface area contributed by atoms with Crippen molar-refractivity contribution in [2.24, 2.45) is 15.9 Å². The molecular formula is C16H26N6O2Se2. The molecule has 2 aliphatic carbocycles. The zero-order chi connectivity index (χ0) is 19.7. The van der Waals surface area contributed by atoms with Crippen LogP contribution in [-0.2, 0) is 9.59 Å². The average Bonchev–Trinajstić information content (AvgIpc) is 3.50. The summed E-state index contributed by atoms with van der Waals surface area (Å²) >= 11 is 6.02. The molecule has 2 amide bonds. The third kappa shape index (κ3) is 4.74. The van der Waals surface area contributed by atoms with Gasteiger partial charge in [0.2, 0.25) is 0 Å². The molecule has 144 valence electrons. The van der Waals surface area contributed by atoms with Gasteiger partial charge in [0.05, 0.1) is 0 Å². The Kier molecular flexibility index (Phi) is 6.33. The van der Waals surface area contributed by atoms with E-state index in [0.29, 0.717) is 0 Å². The van der Waals surface area contributed by atoms with E-state index in [1.807, 2.05) is 0 Å². The first-order valence-electron chi connectivity index (χ1n) is 8.47. The molecule has 2 rings (SSSR count). The maximum atomic E-state index is 12.6. The fraction of sp³-hybridized carbons (Fsp3) is 0.688. The van der Waals surface area contributed by atoms with Crippen molar-refractivity contribution < 1.29 is 9.59 Å². The van der Waals surface area contributed by atoms with Crippen molar-refractivity contribution in [2.75, 3.05) is 21.1 Å². The van der Waals surface area contributed by atoms with Gasteiger partial charge in [0.1, 0.15) is 0 Å². The molecule has 0 aliphatic heterocycles. The van der Waals surface area contributed by atoms with Crippen LogP contribution in [0.4, 0.5) is 0 Å². The Morgan fingerprint density at radius 3 is 1.50 bits per heavy atom. The molecule has 26 heavy (non-hydrogen) atoms. The Morgan fingerprint density at radius 2 is 1.23 bits per heavy atom. The van der Waals surface area contributed by atoms with Crippen LogP contribution in [0.1, 0.15) is 39.5 Å². The molecule has 0 saturated heterocycles. The first-order valence-corrected chi connectivity index (χ1v) is 10.2. The predicted octanol–water partition coefficient (Wildman–Crippen LogP) is -1.32. The Hall–Kier alpha value is -1.21. The van der Waals surface area contributed by atoms with Crippen LogP contribution in [0.3, 0.4) is 0 Å². The van der Waals surface area contributed by atoms with Gasteiger partial charge >= 0.3 is 170 Å². The van der Waals surface area contributed by atoms with Crippen LogP contribution in [0, 0.1) is 10.8 Å². The SMILES string of the molecule is CNN=C(C(=O)NN(C)C(=[Se])C1(C)CC1)C(=O)NN(C)C(=[Se])C1(C)CC1. The molecule has 10 heteroatoms. The van der Waals surface area contributed by atoms with E-state index in [1.54, 1.807) is 31.2 Å². The molecule has 0 aromatic carbocycles. The summed E-state index contributed by atoms with van der Waals surface area (Å²) in [5, 5.41) is 7.09. The van der Waals surface area contributed by atoms with Crippen molar-refractivity contribution in [2.45, 2.75) is 39.5 Å². The van der Waals surface area contributed by atoms with Gasteiger partial charge in [-0.1, -0.05) is 0 Å². The van der Waals surface area contributed by atoms with Crippen molar-refractivity contribution in [3.05, 3.63) is 0 Å². The van der Waals surface area contributed by atoms with E-state index in [9.17, 15) is 9.59 Å². The third-order valence-corrected chi connectivity index (χ3v) is 8.05. The fourth-order valence-electron chi connectivity index (χ4n) is 2.44. The number of rotatable bonds is 9. The van der Waals surface area contributed by atoms with Gasteiger partial charge in [0.15, 0.2) is 0 Å². The number of hydrogen-bond donors (Lipinski definition) is 3. The molecule has 0 unspecified atom stereocenters. The van der Waals surface area contributed by atoms with Crippen LogP contribution in [0.25, 0.3) is 0 Å². The van der Waals surface area contributed by atoms with Crippen LogP contribution < -0.4 is 16.3 Å². The second-order valence-electron chi connectivity index (χ2n) is 7.42. The van der Waals surface area contributed by atoms with E-state index >= 15 is 0 Å². The second kappa shape index (κ2) is 7.80. The standard InChI is InChI=1S/C16H26N6O2Se2/c1-15(6-7-15)13(25)21(4)19-11(23)10(18-17-3)12(24)20-22(5)14(26)16(2)8-9-16/h17H,6-9H2,1-5H3,(H,19,23)(H,20,24). The summed E-state index contributed by atoms with van der Waals surface area (Å²) in [7, 11) is 5.03. The van der Waals surface area contributed by atoms with Crippen molar-refractivity contribution in [3.8, 4) is 0 Å². The molecule has 2 saturated carbocycles. The van der Waals surface area contributed by atoms with E-state index < -0.39 is 11.8 Å². The van der Waals surface area contributed by atoms with Crippen molar-refractivity contribution >= 4 is 57.8 Å². The van der Waals surface area contributed by atoms with Gasteiger partial charge in [-0.25, -0.2) is 0 Å². The van der Waals surface area contributed by atoms with E-state index in [4.69, 9.17) is 0 Å². The number of hydrogen-bond acceptors (Lipinski definition) is 6. The van der Waals surface area contributed by atoms with Crippen molar-refractivity contribution in [3.63, 3.8) is 0 Å². The summed E-state index contributed by atoms with van der Waals surface area (Å²) in [5.41, 5.74) is 7.83. The molecule has 8 nitrogen and oxygen atoms in total. The van der Waals surface area contributed by atoms with Gasteiger partial charge < -0.3 is 0 Å². The molecule has 3 N–H and O–H groups in total. The summed E-state index contributed by atoms with van der Waals surface area (Å²) in [6, 6.07) is 0. The predicted molar refractivity (Wildman–Crippen MR) is 105 cm³/mol. The van der Waals surface area contributed by atoms with Gasteiger partial charge in [-0.15, -0.1) is 0 Å². The van der Waals surface area contributed by atoms with Crippen molar-refractivity contribution in [1.82, 2.24) is 26.3 Å². The minimum absolute atomic E-state index is 0.0758. The molecule has 0 atom stereocenters. The zero-order valence-electron chi connectivity index (χ0n) is 15.8. The van der Waals surface area contributed by atoms with E-state index in [-0.39, 0.29) is 16.5 Å². The van der Waals surface area contributed by atoms with E-state index in [1.165, 1.54) is 0 Å². The number of amides is 2. The number of carbonyl (C=O) groups is 2. The molecular weight excluding hydrogens is 466 g/mol. The van der Waals surface area contributed by atoms with E-state index in [2.05, 4.69) is 66.4 Å². The quantitative estimate of drug-likeness (QED) is 0.161. The monoisotopic (exact) mass is 494 g/mol. The first-order chi connectivity index (χ1) is 12.0. The summed E-state index contributed by atoms with van der Waals surface area (Å²) in [6.07, 6.45) is 4.29. The second-order valence-corrected chi connectivity index (χ2v) is 9.04. The third-order valence-electron chi connectivity index (χ3n) is 4.83. The van der Waals surface area contributed by atoms with E-state index in [0.717, 1.165) is 34.8 Å². The Labute approximate surface area is 170 Å². The number of carbonyl (C=O) groups excluding carboxylic acids is 2. The topological polar surface area (TPSA) is 89.1 Å². The number of nitrogens with one attached hydrogen (secondary N) is 3. The Bertz CT molecular complexity index is 618. The van der Waals surface area contributed by atoms with Gasteiger partial charge in [-0.2, -0.15) is 0 Å². The molecule has 0 heterocycles. The molecule has 2 aliphatic rings. The number of nitrogens with zero attached hydrogens (tertiary/aromatic N) is 3. The summed E-state index contributed by atoms with van der Waals surface area (Å²) in [6.45, 7) is 4.25. The number of hydrazone groups is 1. The maximum absolute atomic E-state index is 12.6. The normalized spacial score (nSPS) is 18.0. The van der Waals surface area contributed by atoms with Gasteiger partial charge in [-0.3, -0.25) is 0 Å². The zero-order valence-corrected chi connectivity index (χ0v) is 19.2. The minimum atomic E-state index is -0.580. The Balaban J connectivity index is 1.99.